The number of thioether (sulfide) groups is 1. The van der Waals surface area contributed by atoms with Crippen LogP contribution in [0, 0.1) is 23.7 Å². The number of hydrogen-bond donors (Lipinski definition) is 1. The molecule has 2 bridgehead atoms. The van der Waals surface area contributed by atoms with Gasteiger partial charge in [0, 0.05) is 6.54 Å². The van der Waals surface area contributed by atoms with Crippen molar-refractivity contribution in [3.05, 3.63) is 0 Å². The van der Waals surface area contributed by atoms with Crippen molar-refractivity contribution >= 4 is 22.8 Å². The van der Waals surface area contributed by atoms with Crippen molar-refractivity contribution in [2.24, 2.45) is 28.7 Å². The fourth-order valence-electron chi connectivity index (χ4n) is 3.75. The van der Waals surface area contributed by atoms with E-state index in [0.29, 0.717) is 5.92 Å². The summed E-state index contributed by atoms with van der Waals surface area (Å²) in [7, 11) is 0. The maximum absolute atomic E-state index is 12.1. The molecule has 0 aromatic heterocycles. The molecule has 1 N–H and O–H groups in total. The molecular formula is C15H24N2OS. The molecule has 0 unspecified atom stereocenters. The van der Waals surface area contributed by atoms with Crippen LogP contribution in [0.15, 0.2) is 4.99 Å². The number of aliphatic imine (C=N–C) groups is 1. The Morgan fingerprint density at radius 3 is 2.74 bits per heavy atom. The molecule has 2 aliphatic carbocycles. The number of amides is 1. The fraction of sp³-hybridized carbons (Fsp3) is 0.867. The minimum absolute atomic E-state index is 0.124. The molecule has 0 spiro atoms. The molecule has 0 aromatic rings. The summed E-state index contributed by atoms with van der Waals surface area (Å²) in [6.45, 7) is 7.15. The lowest BCUT2D eigenvalue weighted by molar-refractivity contribution is -0.122. The highest BCUT2D eigenvalue weighted by atomic mass is 32.2. The van der Waals surface area contributed by atoms with Crippen LogP contribution in [0.25, 0.3) is 0 Å². The van der Waals surface area contributed by atoms with E-state index in [1.807, 2.05) is 6.92 Å². The summed E-state index contributed by atoms with van der Waals surface area (Å²) in [6.07, 6.45) is 5.64. The van der Waals surface area contributed by atoms with Gasteiger partial charge in [-0.05, 0) is 49.9 Å². The number of carbonyl (C=O) groups is 1. The van der Waals surface area contributed by atoms with Crippen molar-refractivity contribution in [2.75, 3.05) is 6.54 Å². The summed E-state index contributed by atoms with van der Waals surface area (Å²) in [6, 6.07) is 0. The van der Waals surface area contributed by atoms with Crippen molar-refractivity contribution < 1.29 is 4.79 Å². The van der Waals surface area contributed by atoms with Gasteiger partial charge < -0.3 is 5.32 Å². The first-order valence-corrected chi connectivity index (χ1v) is 8.35. The molecule has 0 radical (unpaired) electrons. The Balaban J connectivity index is 1.62. The van der Waals surface area contributed by atoms with Gasteiger partial charge in [0.15, 0.2) is 5.17 Å². The summed E-state index contributed by atoms with van der Waals surface area (Å²) in [5.74, 6) is 3.11. The third-order valence-electron chi connectivity index (χ3n) is 5.44. The Hall–Kier alpha value is -0.510. The molecule has 3 rings (SSSR count). The summed E-state index contributed by atoms with van der Waals surface area (Å²) >= 11 is 1.62. The minimum atomic E-state index is -0.340. The number of nitrogens with one attached hydrogen (secondary N) is 1. The Kier molecular flexibility index (Phi) is 3.40. The van der Waals surface area contributed by atoms with Crippen molar-refractivity contribution in [2.45, 2.75) is 51.2 Å². The van der Waals surface area contributed by atoms with Gasteiger partial charge in [-0.25, -0.2) is 0 Å². The average Bonchev–Trinajstić information content (AvgIpc) is 3.03. The molecule has 4 atom stereocenters. The second-order valence-corrected chi connectivity index (χ2v) is 8.34. The average molecular weight is 280 g/mol. The summed E-state index contributed by atoms with van der Waals surface area (Å²) < 4.78 is -0.340. The highest BCUT2D eigenvalue weighted by Crippen LogP contribution is 2.48. The topological polar surface area (TPSA) is 41.5 Å². The van der Waals surface area contributed by atoms with E-state index in [-0.39, 0.29) is 10.7 Å². The van der Waals surface area contributed by atoms with Gasteiger partial charge >= 0.3 is 0 Å². The van der Waals surface area contributed by atoms with E-state index in [1.54, 1.807) is 11.8 Å². The summed E-state index contributed by atoms with van der Waals surface area (Å²) in [5, 5.41) is 3.82. The molecule has 1 aliphatic heterocycles. The number of amidine groups is 1. The molecule has 3 aliphatic rings. The monoisotopic (exact) mass is 280 g/mol. The van der Waals surface area contributed by atoms with E-state index in [4.69, 9.17) is 4.99 Å². The van der Waals surface area contributed by atoms with Crippen LogP contribution in [-0.2, 0) is 4.79 Å². The standard InChI is InChI=1S/C15H24N2OS/c1-9(2)15(3)13(18)17-14(19-15)16-8-12-7-10-4-5-11(12)6-10/h9-12H,4-8H2,1-3H3,(H,16,17,18)/t10-,11+,12-,15+/m1/s1. The van der Waals surface area contributed by atoms with E-state index in [2.05, 4.69) is 19.2 Å². The molecule has 1 saturated heterocycles. The third-order valence-corrected chi connectivity index (χ3v) is 6.94. The molecule has 3 fully saturated rings. The van der Waals surface area contributed by atoms with Crippen LogP contribution < -0.4 is 5.32 Å². The Morgan fingerprint density at radius 1 is 1.42 bits per heavy atom. The third kappa shape index (κ3) is 2.32. The lowest BCUT2D eigenvalue weighted by atomic mass is 9.89. The Morgan fingerprint density at radius 2 is 2.21 bits per heavy atom. The molecule has 3 nitrogen and oxygen atoms in total. The zero-order chi connectivity index (χ0) is 13.6. The molecule has 19 heavy (non-hydrogen) atoms. The maximum atomic E-state index is 12.1. The quantitative estimate of drug-likeness (QED) is 0.863. The first-order valence-electron chi connectivity index (χ1n) is 7.54. The van der Waals surface area contributed by atoms with Crippen LogP contribution >= 0.6 is 11.8 Å². The molecule has 1 amide bonds. The second-order valence-electron chi connectivity index (χ2n) is 6.90. The van der Waals surface area contributed by atoms with Crippen LogP contribution in [0.1, 0.15) is 46.5 Å². The van der Waals surface area contributed by atoms with Gasteiger partial charge in [-0.2, -0.15) is 0 Å². The van der Waals surface area contributed by atoms with Crippen LogP contribution in [0.2, 0.25) is 0 Å². The zero-order valence-corrected chi connectivity index (χ0v) is 12.9. The summed E-state index contributed by atoms with van der Waals surface area (Å²) in [5.41, 5.74) is 0. The van der Waals surface area contributed by atoms with Gasteiger partial charge in [-0.15, -0.1) is 0 Å². The van der Waals surface area contributed by atoms with E-state index in [9.17, 15) is 4.79 Å². The largest absolute Gasteiger partial charge is 0.304 e. The van der Waals surface area contributed by atoms with Crippen molar-refractivity contribution in [1.82, 2.24) is 5.32 Å². The minimum Gasteiger partial charge on any atom is -0.304 e. The maximum Gasteiger partial charge on any atom is 0.242 e. The number of carbonyl (C=O) groups excluding carboxylic acids is 1. The number of nitrogens with zero attached hydrogens (tertiary/aromatic N) is 1. The number of fused-ring (bicyclic) bond motifs is 2. The number of hydrogen-bond acceptors (Lipinski definition) is 3. The molecule has 0 aromatic carbocycles. The van der Waals surface area contributed by atoms with E-state index in [0.717, 1.165) is 29.5 Å². The molecule has 4 heteroatoms. The van der Waals surface area contributed by atoms with E-state index >= 15 is 0 Å². The van der Waals surface area contributed by atoms with Crippen molar-refractivity contribution in [3.63, 3.8) is 0 Å². The normalized spacial score (nSPS) is 43.5. The van der Waals surface area contributed by atoms with Crippen LogP contribution in [0.3, 0.4) is 0 Å². The Bertz CT molecular complexity index is 420. The van der Waals surface area contributed by atoms with Gasteiger partial charge in [0.25, 0.3) is 0 Å². The highest BCUT2D eigenvalue weighted by Gasteiger charge is 2.45. The van der Waals surface area contributed by atoms with Gasteiger partial charge in [0.05, 0.1) is 0 Å². The lowest BCUT2D eigenvalue weighted by Crippen LogP contribution is -2.38. The van der Waals surface area contributed by atoms with Gasteiger partial charge in [-0.3, -0.25) is 9.79 Å². The highest BCUT2D eigenvalue weighted by molar-refractivity contribution is 8.16. The smallest absolute Gasteiger partial charge is 0.242 e. The Labute approximate surface area is 120 Å². The predicted octanol–water partition coefficient (Wildman–Crippen LogP) is 3.06. The molecular weight excluding hydrogens is 256 g/mol. The predicted molar refractivity (Wildman–Crippen MR) is 80.2 cm³/mol. The number of rotatable bonds is 3. The zero-order valence-electron chi connectivity index (χ0n) is 12.1. The SMILES string of the molecule is CC(C)[C@]1(C)SC(=NC[C@H]2C[C@@H]3CC[C@H]2C3)NC1=O. The molecule has 2 saturated carbocycles. The molecule has 1 heterocycles. The first kappa shape index (κ1) is 13.5. The second kappa shape index (κ2) is 4.80. The van der Waals surface area contributed by atoms with Crippen LogP contribution in [0.5, 0.6) is 0 Å². The van der Waals surface area contributed by atoms with Crippen LogP contribution in [-0.4, -0.2) is 22.4 Å². The van der Waals surface area contributed by atoms with Gasteiger partial charge in [-0.1, -0.05) is 32.0 Å². The fourth-order valence-corrected chi connectivity index (χ4v) is 4.81. The van der Waals surface area contributed by atoms with Crippen LogP contribution in [0.4, 0.5) is 0 Å². The van der Waals surface area contributed by atoms with Crippen molar-refractivity contribution in [3.8, 4) is 0 Å². The summed E-state index contributed by atoms with van der Waals surface area (Å²) in [4.78, 5) is 16.8. The van der Waals surface area contributed by atoms with E-state index < -0.39 is 0 Å². The first-order chi connectivity index (χ1) is 8.99. The van der Waals surface area contributed by atoms with Gasteiger partial charge in [0.1, 0.15) is 4.75 Å². The van der Waals surface area contributed by atoms with Crippen molar-refractivity contribution in [1.29, 1.82) is 0 Å². The molecule has 106 valence electrons. The van der Waals surface area contributed by atoms with E-state index in [1.165, 1.54) is 25.7 Å². The lowest BCUT2D eigenvalue weighted by Gasteiger charge is -2.23. The van der Waals surface area contributed by atoms with Gasteiger partial charge in [0.2, 0.25) is 5.91 Å².